The summed E-state index contributed by atoms with van der Waals surface area (Å²) in [5.41, 5.74) is 2.32. The minimum absolute atomic E-state index is 1.03. The summed E-state index contributed by atoms with van der Waals surface area (Å²) in [4.78, 5) is 0. The van der Waals surface area contributed by atoms with Crippen LogP contribution in [0.3, 0.4) is 0 Å². The highest BCUT2D eigenvalue weighted by Gasteiger charge is 2.10. The molecule has 0 spiro atoms. The second-order valence-corrected chi connectivity index (χ2v) is 6.50. The van der Waals surface area contributed by atoms with E-state index in [1.807, 2.05) is 24.3 Å². The van der Waals surface area contributed by atoms with Crippen molar-refractivity contribution in [1.29, 1.82) is 0 Å². The fourth-order valence-electron chi connectivity index (χ4n) is 1.41. The molecule has 82 valence electrons. The lowest BCUT2D eigenvalue weighted by atomic mass is 10.1. The number of hydrogen-bond acceptors (Lipinski definition) is 0. The summed E-state index contributed by atoms with van der Waals surface area (Å²) in [5.74, 6) is 0. The van der Waals surface area contributed by atoms with Crippen molar-refractivity contribution in [2.45, 2.75) is 0 Å². The highest BCUT2D eigenvalue weighted by molar-refractivity contribution is 9.14. The summed E-state index contributed by atoms with van der Waals surface area (Å²) < 4.78 is 4.20. The molecular formula is C12H6Br4. The van der Waals surface area contributed by atoms with E-state index in [0.717, 1.165) is 23.5 Å². The normalized spacial score (nSPS) is 10.5. The van der Waals surface area contributed by atoms with Gasteiger partial charge in [0.05, 0.1) is 0 Å². The molecule has 0 bridgehead atoms. The molecule has 4 heteroatoms. The zero-order chi connectivity index (χ0) is 11.7. The molecule has 0 aliphatic carbocycles. The van der Waals surface area contributed by atoms with Gasteiger partial charge in [0.15, 0.2) is 0 Å². The molecular weight excluding hydrogens is 464 g/mol. The van der Waals surface area contributed by atoms with E-state index in [-0.39, 0.29) is 0 Å². The monoisotopic (exact) mass is 466 g/mol. The van der Waals surface area contributed by atoms with Gasteiger partial charge in [-0.15, -0.1) is 0 Å². The number of halogens is 4. The average Bonchev–Trinajstić information content (AvgIpc) is 2.28. The van der Waals surface area contributed by atoms with Gasteiger partial charge in [-0.3, -0.25) is 0 Å². The Labute approximate surface area is 128 Å². The van der Waals surface area contributed by atoms with Crippen molar-refractivity contribution in [2.24, 2.45) is 0 Å². The molecule has 0 nitrogen and oxygen atoms in total. The van der Waals surface area contributed by atoms with Crippen LogP contribution in [0.25, 0.3) is 11.1 Å². The van der Waals surface area contributed by atoms with E-state index in [9.17, 15) is 0 Å². The largest absolute Gasteiger partial charge is 0.0616 e. The Balaban J connectivity index is 2.66. The molecule has 0 unspecified atom stereocenters. The Morgan fingerprint density at radius 3 is 1.94 bits per heavy atom. The number of hydrogen-bond donors (Lipinski definition) is 0. The maximum Gasteiger partial charge on any atom is 0.0465 e. The first-order valence-electron chi connectivity index (χ1n) is 4.49. The molecule has 0 saturated heterocycles. The highest BCUT2D eigenvalue weighted by Crippen LogP contribution is 2.40. The van der Waals surface area contributed by atoms with E-state index < -0.39 is 0 Å². The van der Waals surface area contributed by atoms with Crippen molar-refractivity contribution in [3.05, 3.63) is 54.3 Å². The Morgan fingerprint density at radius 2 is 1.25 bits per heavy atom. The predicted octanol–water partition coefficient (Wildman–Crippen LogP) is 6.40. The molecule has 0 atom stereocenters. The molecule has 0 radical (unpaired) electrons. The molecule has 16 heavy (non-hydrogen) atoms. The summed E-state index contributed by atoms with van der Waals surface area (Å²) >= 11 is 14.2. The number of rotatable bonds is 1. The Kier molecular flexibility index (Phi) is 4.27. The van der Waals surface area contributed by atoms with Crippen molar-refractivity contribution in [2.75, 3.05) is 0 Å². The first-order chi connectivity index (χ1) is 7.61. The van der Waals surface area contributed by atoms with Crippen LogP contribution >= 0.6 is 63.7 Å². The molecule has 0 fully saturated rings. The first-order valence-corrected chi connectivity index (χ1v) is 7.67. The van der Waals surface area contributed by atoms with Crippen LogP contribution < -0.4 is 0 Å². The van der Waals surface area contributed by atoms with Gasteiger partial charge < -0.3 is 0 Å². The van der Waals surface area contributed by atoms with Crippen LogP contribution in [0.15, 0.2) is 54.3 Å². The second-order valence-electron chi connectivity index (χ2n) is 3.20. The highest BCUT2D eigenvalue weighted by atomic mass is 79.9. The third kappa shape index (κ3) is 2.45. The molecule has 2 aromatic carbocycles. The molecule has 0 saturated carbocycles. The van der Waals surface area contributed by atoms with E-state index in [2.05, 4.69) is 75.9 Å². The molecule has 2 rings (SSSR count). The summed E-state index contributed by atoms with van der Waals surface area (Å²) in [6, 6.07) is 12.3. The van der Waals surface area contributed by atoms with Gasteiger partial charge >= 0.3 is 0 Å². The van der Waals surface area contributed by atoms with Gasteiger partial charge in [0.2, 0.25) is 0 Å². The molecule has 2 aromatic rings. The predicted molar refractivity (Wildman–Crippen MR) is 82.7 cm³/mol. The summed E-state index contributed by atoms with van der Waals surface area (Å²) in [5, 5.41) is 0. The van der Waals surface area contributed by atoms with Gasteiger partial charge in [0.1, 0.15) is 0 Å². The fraction of sp³-hybridized carbons (Fsp3) is 0. The lowest BCUT2D eigenvalue weighted by Crippen LogP contribution is -1.83. The zero-order valence-corrected chi connectivity index (χ0v) is 14.3. The summed E-state index contributed by atoms with van der Waals surface area (Å²) in [6.07, 6.45) is 0. The van der Waals surface area contributed by atoms with Crippen molar-refractivity contribution in [3.8, 4) is 11.1 Å². The van der Waals surface area contributed by atoms with Crippen molar-refractivity contribution in [1.82, 2.24) is 0 Å². The van der Waals surface area contributed by atoms with Crippen LogP contribution in [0, 0.1) is 0 Å². The lowest BCUT2D eigenvalue weighted by Gasteiger charge is -2.09. The second kappa shape index (κ2) is 5.34. The minimum atomic E-state index is 1.03. The van der Waals surface area contributed by atoms with Crippen LogP contribution in [-0.4, -0.2) is 0 Å². The van der Waals surface area contributed by atoms with Gasteiger partial charge in [-0.05, 0) is 71.0 Å². The molecule has 0 aromatic heterocycles. The fourth-order valence-corrected chi connectivity index (χ4v) is 3.41. The Bertz CT molecular complexity index is 535. The van der Waals surface area contributed by atoms with Gasteiger partial charge in [-0.2, -0.15) is 0 Å². The maximum atomic E-state index is 3.60. The third-order valence-electron chi connectivity index (χ3n) is 2.20. The van der Waals surface area contributed by atoms with E-state index in [4.69, 9.17) is 0 Å². The van der Waals surface area contributed by atoms with Gasteiger partial charge in [-0.1, -0.05) is 40.2 Å². The van der Waals surface area contributed by atoms with Gasteiger partial charge in [-0.25, -0.2) is 0 Å². The third-order valence-corrected chi connectivity index (χ3v) is 6.26. The topological polar surface area (TPSA) is 0 Å². The maximum absolute atomic E-state index is 3.60. The first kappa shape index (κ1) is 12.8. The minimum Gasteiger partial charge on any atom is -0.0616 e. The standard InChI is InChI=1S/C12H6Br4/c13-9-4-2-1-3-7(9)8-5-6-10(14)12(16)11(8)15/h1-6H. The van der Waals surface area contributed by atoms with Crippen molar-refractivity contribution >= 4 is 63.7 Å². The molecule has 0 N–H and O–H groups in total. The Morgan fingerprint density at radius 1 is 0.562 bits per heavy atom. The van der Waals surface area contributed by atoms with Crippen molar-refractivity contribution in [3.63, 3.8) is 0 Å². The quantitative estimate of drug-likeness (QED) is 0.424. The molecule has 0 aliphatic heterocycles. The van der Waals surface area contributed by atoms with E-state index in [1.54, 1.807) is 0 Å². The summed E-state index contributed by atoms with van der Waals surface area (Å²) in [7, 11) is 0. The SMILES string of the molecule is Brc1ccccc1-c1ccc(Br)c(Br)c1Br. The van der Waals surface area contributed by atoms with Crippen LogP contribution in [0.5, 0.6) is 0 Å². The number of benzene rings is 2. The molecule has 0 aliphatic rings. The van der Waals surface area contributed by atoms with Crippen LogP contribution in [0.4, 0.5) is 0 Å². The Hall–Kier alpha value is 0.360. The van der Waals surface area contributed by atoms with Gasteiger partial charge in [0.25, 0.3) is 0 Å². The molecule has 0 amide bonds. The summed E-state index contributed by atoms with van der Waals surface area (Å²) in [6.45, 7) is 0. The van der Waals surface area contributed by atoms with Crippen LogP contribution in [-0.2, 0) is 0 Å². The van der Waals surface area contributed by atoms with Crippen LogP contribution in [0.2, 0.25) is 0 Å². The smallest absolute Gasteiger partial charge is 0.0465 e. The van der Waals surface area contributed by atoms with Crippen molar-refractivity contribution < 1.29 is 0 Å². The van der Waals surface area contributed by atoms with E-state index >= 15 is 0 Å². The lowest BCUT2D eigenvalue weighted by molar-refractivity contribution is 1.50. The molecule has 0 heterocycles. The van der Waals surface area contributed by atoms with E-state index in [0.29, 0.717) is 0 Å². The van der Waals surface area contributed by atoms with Gasteiger partial charge in [0, 0.05) is 17.9 Å². The zero-order valence-electron chi connectivity index (χ0n) is 7.98. The average molecular weight is 470 g/mol. The van der Waals surface area contributed by atoms with Crippen LogP contribution in [0.1, 0.15) is 0 Å². The van der Waals surface area contributed by atoms with E-state index in [1.165, 1.54) is 5.56 Å².